The lowest BCUT2D eigenvalue weighted by Gasteiger charge is -2.38. The first-order chi connectivity index (χ1) is 12.6. The zero-order chi connectivity index (χ0) is 18.1. The minimum atomic E-state index is 0. The van der Waals surface area contributed by atoms with Crippen molar-refractivity contribution in [1.29, 1.82) is 0 Å². The molecule has 27 heavy (non-hydrogen) atoms. The molecule has 1 saturated carbocycles. The van der Waals surface area contributed by atoms with Crippen LogP contribution in [0.25, 0.3) is 5.69 Å². The molecule has 1 aliphatic carbocycles. The molecular formula is C20H26Cl3N3O. The van der Waals surface area contributed by atoms with E-state index < -0.39 is 0 Å². The van der Waals surface area contributed by atoms with E-state index in [9.17, 15) is 0 Å². The van der Waals surface area contributed by atoms with Crippen LogP contribution in [0.5, 0.6) is 5.88 Å². The van der Waals surface area contributed by atoms with Gasteiger partial charge in [0.25, 0.3) is 0 Å². The SMILES string of the molecule is Cc1cc(OC[C@@H]2CC[C@@H]2CN2CCCC2)nn1-c1ccc(Cl)c(Cl)c1.Cl. The fraction of sp³-hybridized carbons (Fsp3) is 0.550. The van der Waals surface area contributed by atoms with Crippen LogP contribution in [0, 0.1) is 18.8 Å². The number of rotatable bonds is 6. The molecular weight excluding hydrogens is 405 g/mol. The normalized spacial score (nSPS) is 22.3. The molecule has 0 bridgehead atoms. The minimum Gasteiger partial charge on any atom is -0.476 e. The van der Waals surface area contributed by atoms with Crippen LogP contribution in [0.3, 0.4) is 0 Å². The predicted octanol–water partition coefficient (Wildman–Crippen LogP) is 5.41. The Hall–Kier alpha value is -0.940. The molecule has 2 fully saturated rings. The van der Waals surface area contributed by atoms with Crippen molar-refractivity contribution in [1.82, 2.24) is 14.7 Å². The summed E-state index contributed by atoms with van der Waals surface area (Å²) in [7, 11) is 0. The van der Waals surface area contributed by atoms with E-state index in [1.807, 2.05) is 29.8 Å². The molecule has 4 nitrogen and oxygen atoms in total. The molecule has 0 spiro atoms. The lowest BCUT2D eigenvalue weighted by Crippen LogP contribution is -2.39. The van der Waals surface area contributed by atoms with E-state index in [4.69, 9.17) is 27.9 Å². The molecule has 2 heterocycles. The van der Waals surface area contributed by atoms with Gasteiger partial charge in [0.05, 0.1) is 22.3 Å². The quantitative estimate of drug-likeness (QED) is 0.614. The van der Waals surface area contributed by atoms with E-state index in [0.29, 0.717) is 21.8 Å². The van der Waals surface area contributed by atoms with E-state index in [-0.39, 0.29) is 12.4 Å². The molecule has 2 atom stereocenters. The topological polar surface area (TPSA) is 30.3 Å². The molecule has 0 amide bonds. The molecule has 0 N–H and O–H groups in total. The van der Waals surface area contributed by atoms with E-state index in [0.717, 1.165) is 23.9 Å². The zero-order valence-electron chi connectivity index (χ0n) is 15.5. The van der Waals surface area contributed by atoms with E-state index >= 15 is 0 Å². The van der Waals surface area contributed by atoms with Crippen molar-refractivity contribution in [2.24, 2.45) is 11.8 Å². The van der Waals surface area contributed by atoms with E-state index in [1.54, 1.807) is 6.07 Å². The van der Waals surface area contributed by atoms with Crippen LogP contribution in [-0.2, 0) is 0 Å². The molecule has 1 aromatic carbocycles. The number of nitrogens with zero attached hydrogens (tertiary/aromatic N) is 3. The van der Waals surface area contributed by atoms with Crippen molar-refractivity contribution in [3.05, 3.63) is 40.0 Å². The second-order valence-corrected chi connectivity index (χ2v) is 8.36. The van der Waals surface area contributed by atoms with Gasteiger partial charge in [0, 0.05) is 18.3 Å². The number of benzene rings is 1. The highest BCUT2D eigenvalue weighted by Gasteiger charge is 2.33. The predicted molar refractivity (Wildman–Crippen MR) is 113 cm³/mol. The maximum absolute atomic E-state index is 6.13. The molecule has 2 aliphatic rings. The number of likely N-dealkylation sites (tertiary alicyclic amines) is 1. The second kappa shape index (κ2) is 9.04. The van der Waals surface area contributed by atoms with Crippen LogP contribution in [0.15, 0.2) is 24.3 Å². The zero-order valence-corrected chi connectivity index (χ0v) is 17.9. The van der Waals surface area contributed by atoms with Crippen molar-refractivity contribution in [2.45, 2.75) is 32.6 Å². The highest BCUT2D eigenvalue weighted by molar-refractivity contribution is 6.42. The van der Waals surface area contributed by atoms with Crippen LogP contribution in [-0.4, -0.2) is 40.9 Å². The van der Waals surface area contributed by atoms with Crippen LogP contribution in [0.4, 0.5) is 0 Å². The number of halogens is 3. The molecule has 0 unspecified atom stereocenters. The minimum absolute atomic E-state index is 0. The lowest BCUT2D eigenvalue weighted by atomic mass is 9.74. The Morgan fingerprint density at radius 2 is 1.81 bits per heavy atom. The highest BCUT2D eigenvalue weighted by atomic mass is 35.5. The number of aryl methyl sites for hydroxylation is 1. The Labute approximate surface area is 177 Å². The largest absolute Gasteiger partial charge is 0.476 e. The molecule has 2 aromatic rings. The molecule has 1 aromatic heterocycles. The van der Waals surface area contributed by atoms with Gasteiger partial charge in [-0.25, -0.2) is 4.68 Å². The Bertz CT molecular complexity index is 774. The number of hydrogen-bond donors (Lipinski definition) is 0. The van der Waals surface area contributed by atoms with Gasteiger partial charge in [0.2, 0.25) is 5.88 Å². The van der Waals surface area contributed by atoms with Crippen molar-refractivity contribution in [3.63, 3.8) is 0 Å². The lowest BCUT2D eigenvalue weighted by molar-refractivity contribution is 0.0732. The Morgan fingerprint density at radius 1 is 1.07 bits per heavy atom. The van der Waals surface area contributed by atoms with Gasteiger partial charge in [-0.15, -0.1) is 17.5 Å². The Kier molecular flexibility index (Phi) is 6.96. The Morgan fingerprint density at radius 3 is 2.48 bits per heavy atom. The number of hydrogen-bond acceptors (Lipinski definition) is 3. The smallest absolute Gasteiger partial charge is 0.233 e. The second-order valence-electron chi connectivity index (χ2n) is 7.55. The summed E-state index contributed by atoms with van der Waals surface area (Å²) >= 11 is 12.1. The first-order valence-corrected chi connectivity index (χ1v) is 10.2. The maximum atomic E-state index is 6.13. The molecule has 1 aliphatic heterocycles. The highest BCUT2D eigenvalue weighted by Crippen LogP contribution is 2.36. The maximum Gasteiger partial charge on any atom is 0.233 e. The van der Waals surface area contributed by atoms with Crippen LogP contribution < -0.4 is 4.74 Å². The number of ether oxygens (including phenoxy) is 1. The molecule has 7 heteroatoms. The summed E-state index contributed by atoms with van der Waals surface area (Å²) in [5.74, 6) is 2.12. The summed E-state index contributed by atoms with van der Waals surface area (Å²) in [6, 6.07) is 7.51. The van der Waals surface area contributed by atoms with Crippen molar-refractivity contribution in [3.8, 4) is 11.6 Å². The molecule has 148 valence electrons. The van der Waals surface area contributed by atoms with E-state index in [2.05, 4.69) is 10.00 Å². The van der Waals surface area contributed by atoms with E-state index in [1.165, 1.54) is 45.3 Å². The fourth-order valence-corrected chi connectivity index (χ4v) is 4.27. The fourth-order valence-electron chi connectivity index (χ4n) is 3.98. The third-order valence-electron chi connectivity index (χ3n) is 5.72. The summed E-state index contributed by atoms with van der Waals surface area (Å²) in [6.45, 7) is 6.57. The van der Waals surface area contributed by atoms with Gasteiger partial charge in [0.15, 0.2) is 0 Å². The van der Waals surface area contributed by atoms with Crippen LogP contribution >= 0.6 is 35.6 Å². The van der Waals surface area contributed by atoms with Gasteiger partial charge in [0.1, 0.15) is 0 Å². The van der Waals surface area contributed by atoms with Crippen molar-refractivity contribution in [2.75, 3.05) is 26.2 Å². The summed E-state index contributed by atoms with van der Waals surface area (Å²) in [5.41, 5.74) is 1.91. The van der Waals surface area contributed by atoms with Gasteiger partial charge in [-0.3, -0.25) is 0 Å². The van der Waals surface area contributed by atoms with Gasteiger partial charge < -0.3 is 9.64 Å². The average molecular weight is 431 g/mol. The third kappa shape index (κ3) is 4.73. The Balaban J connectivity index is 0.00000210. The van der Waals surface area contributed by atoms with Gasteiger partial charge in [-0.05, 0) is 75.7 Å². The summed E-state index contributed by atoms with van der Waals surface area (Å²) < 4.78 is 7.88. The average Bonchev–Trinajstić information content (AvgIpc) is 3.24. The van der Waals surface area contributed by atoms with Crippen molar-refractivity contribution < 1.29 is 4.74 Å². The number of aromatic nitrogens is 2. The third-order valence-corrected chi connectivity index (χ3v) is 6.46. The molecule has 4 rings (SSSR count). The standard InChI is InChI=1S/C20H25Cl2N3O.ClH/c1-14-10-20(23-25(14)17-6-7-18(21)19(22)11-17)26-13-16-5-4-15(16)12-24-8-2-3-9-24;/h6-7,10-11,15-16H,2-5,8-9,12-13H2,1H3;1H/t15-,16+;/m1./s1. The van der Waals surface area contributed by atoms with Gasteiger partial charge in [-0.2, -0.15) is 0 Å². The summed E-state index contributed by atoms with van der Waals surface area (Å²) in [5, 5.41) is 5.67. The summed E-state index contributed by atoms with van der Waals surface area (Å²) in [4.78, 5) is 2.61. The monoisotopic (exact) mass is 429 g/mol. The molecule has 0 radical (unpaired) electrons. The van der Waals surface area contributed by atoms with Gasteiger partial charge in [-0.1, -0.05) is 23.2 Å². The summed E-state index contributed by atoms with van der Waals surface area (Å²) in [6.07, 6.45) is 5.32. The van der Waals surface area contributed by atoms with Crippen LogP contribution in [0.2, 0.25) is 10.0 Å². The molecule has 1 saturated heterocycles. The van der Waals surface area contributed by atoms with Crippen LogP contribution in [0.1, 0.15) is 31.4 Å². The van der Waals surface area contributed by atoms with Crippen molar-refractivity contribution >= 4 is 35.6 Å². The van der Waals surface area contributed by atoms with Gasteiger partial charge >= 0.3 is 0 Å². The first-order valence-electron chi connectivity index (χ1n) is 9.47. The first kappa shape index (κ1) is 20.8.